The Hall–Kier alpha value is -0.800. The van der Waals surface area contributed by atoms with Gasteiger partial charge < -0.3 is 0 Å². The van der Waals surface area contributed by atoms with Crippen LogP contribution in [-0.2, 0) is 12.4 Å². The second-order valence-corrected chi connectivity index (χ2v) is 2.47. The second-order valence-electron chi connectivity index (χ2n) is 1.88. The predicted molar refractivity (Wildman–Crippen MR) is 45.6 cm³/mol. The molecule has 0 N–H and O–H groups in total. The number of hydrogen-bond acceptors (Lipinski definition) is 2. The monoisotopic (exact) mass is 185 g/mol. The van der Waals surface area contributed by atoms with E-state index in [2.05, 4.69) is 16.8 Å². The lowest BCUT2D eigenvalue weighted by molar-refractivity contribution is 0.101. The maximum atomic E-state index is 10.9. The average Bonchev–Trinajstić information content (AvgIpc) is 2.04. The Kier molecular flexibility index (Phi) is 2.68. The fraction of sp³-hybridized carbons (Fsp3) is 0. The Bertz CT molecular complexity index is 300. The molecule has 1 aromatic carbocycles. The predicted octanol–water partition coefficient (Wildman–Crippen LogP) is 2.21. The smallest absolute Gasteiger partial charge is 0.266 e. The molecule has 0 saturated heterocycles. The molecule has 0 aliphatic heterocycles. The molecule has 1 aromatic rings. The van der Waals surface area contributed by atoms with Gasteiger partial charge in [0.25, 0.3) is 5.91 Å². The van der Waals surface area contributed by atoms with E-state index in [1.807, 2.05) is 0 Å². The standard InChI is InChI=1S/C7H4ClNOS/c8-6-4-2-1-3-5(6)7(10)9-11/h1-4H. The summed E-state index contributed by atoms with van der Waals surface area (Å²) in [5.74, 6) is -0.467. The lowest BCUT2D eigenvalue weighted by atomic mass is 10.2. The van der Waals surface area contributed by atoms with Crippen molar-refractivity contribution in [3.05, 3.63) is 34.9 Å². The van der Waals surface area contributed by atoms with E-state index in [-0.39, 0.29) is 0 Å². The second kappa shape index (κ2) is 3.55. The maximum absolute atomic E-state index is 10.9. The summed E-state index contributed by atoms with van der Waals surface area (Å²) in [5.41, 5.74) is 0.351. The van der Waals surface area contributed by atoms with Crippen molar-refractivity contribution in [2.45, 2.75) is 0 Å². The molecule has 0 heterocycles. The molecule has 0 radical (unpaired) electrons. The number of carbonyl (C=O) groups excluding carboxylic acids is 1. The van der Waals surface area contributed by atoms with Crippen LogP contribution in [0.1, 0.15) is 10.4 Å². The van der Waals surface area contributed by atoms with Crippen molar-refractivity contribution in [2.24, 2.45) is 4.36 Å². The number of nitrogens with zero attached hydrogens (tertiary/aromatic N) is 1. The van der Waals surface area contributed by atoms with Gasteiger partial charge in [-0.3, -0.25) is 4.79 Å². The zero-order valence-electron chi connectivity index (χ0n) is 5.45. The van der Waals surface area contributed by atoms with Gasteiger partial charge in [0.05, 0.1) is 10.6 Å². The molecule has 2 nitrogen and oxygen atoms in total. The summed E-state index contributed by atoms with van der Waals surface area (Å²) in [5, 5.41) is 0.381. The summed E-state index contributed by atoms with van der Waals surface area (Å²) < 4.78 is 3.08. The first kappa shape index (κ1) is 8.30. The van der Waals surface area contributed by atoms with Crippen molar-refractivity contribution in [2.75, 3.05) is 0 Å². The van der Waals surface area contributed by atoms with Gasteiger partial charge in [0.2, 0.25) is 0 Å². The third-order valence-corrected chi connectivity index (χ3v) is 1.68. The van der Waals surface area contributed by atoms with Gasteiger partial charge in [0, 0.05) is 12.4 Å². The number of hydrogen-bond donors (Lipinski definition) is 0. The number of carbonyl (C=O) groups is 1. The molecule has 1 amide bonds. The van der Waals surface area contributed by atoms with Gasteiger partial charge in [-0.05, 0) is 12.1 Å². The van der Waals surface area contributed by atoms with Crippen molar-refractivity contribution in [1.29, 1.82) is 0 Å². The van der Waals surface area contributed by atoms with Gasteiger partial charge in [0.1, 0.15) is 0 Å². The number of amides is 1. The first-order valence-electron chi connectivity index (χ1n) is 2.88. The Morgan fingerprint density at radius 1 is 1.45 bits per heavy atom. The van der Waals surface area contributed by atoms with Gasteiger partial charge in [-0.1, -0.05) is 23.7 Å². The normalized spacial score (nSPS) is 9.18. The molecule has 0 saturated carbocycles. The van der Waals surface area contributed by atoms with E-state index in [1.165, 1.54) is 0 Å². The fourth-order valence-corrected chi connectivity index (χ4v) is 0.999. The molecule has 0 aliphatic carbocycles. The molecule has 0 spiro atoms. The van der Waals surface area contributed by atoms with Crippen LogP contribution in [0, 0.1) is 0 Å². The van der Waals surface area contributed by atoms with E-state index >= 15 is 0 Å². The number of rotatable bonds is 1. The summed E-state index contributed by atoms with van der Waals surface area (Å²) in [6, 6.07) is 6.65. The Morgan fingerprint density at radius 2 is 2.09 bits per heavy atom. The number of benzene rings is 1. The molecule has 0 aliphatic rings. The van der Waals surface area contributed by atoms with Crippen LogP contribution < -0.4 is 0 Å². The summed E-state index contributed by atoms with van der Waals surface area (Å²) >= 11 is 9.90. The van der Waals surface area contributed by atoms with Crippen LogP contribution in [-0.4, -0.2) is 5.91 Å². The van der Waals surface area contributed by atoms with Crippen LogP contribution >= 0.6 is 11.6 Å². The molecule has 0 bridgehead atoms. The first-order chi connectivity index (χ1) is 5.25. The van der Waals surface area contributed by atoms with Crippen LogP contribution in [0.15, 0.2) is 28.6 Å². The van der Waals surface area contributed by atoms with Crippen LogP contribution in [0.3, 0.4) is 0 Å². The van der Waals surface area contributed by atoms with Crippen LogP contribution in [0.25, 0.3) is 0 Å². The Balaban J connectivity index is 3.13. The van der Waals surface area contributed by atoms with Crippen LogP contribution in [0.4, 0.5) is 0 Å². The van der Waals surface area contributed by atoms with Gasteiger partial charge >= 0.3 is 0 Å². The minimum Gasteiger partial charge on any atom is -0.266 e. The highest BCUT2D eigenvalue weighted by atomic mass is 35.5. The summed E-state index contributed by atoms with van der Waals surface area (Å²) in [4.78, 5) is 10.9. The van der Waals surface area contributed by atoms with E-state index in [1.54, 1.807) is 24.3 Å². The average molecular weight is 186 g/mol. The van der Waals surface area contributed by atoms with Crippen molar-refractivity contribution < 1.29 is 4.79 Å². The molecule has 0 unspecified atom stereocenters. The van der Waals surface area contributed by atoms with E-state index in [9.17, 15) is 4.79 Å². The molecular weight excluding hydrogens is 182 g/mol. The Labute approximate surface area is 74.4 Å². The zero-order valence-corrected chi connectivity index (χ0v) is 7.02. The summed E-state index contributed by atoms with van der Waals surface area (Å²) in [7, 11) is 0. The quantitative estimate of drug-likeness (QED) is 0.672. The molecule has 0 atom stereocenters. The van der Waals surface area contributed by atoms with E-state index in [0.717, 1.165) is 0 Å². The van der Waals surface area contributed by atoms with Crippen LogP contribution in [0.5, 0.6) is 0 Å². The van der Waals surface area contributed by atoms with E-state index in [0.29, 0.717) is 10.6 Å². The highest BCUT2D eigenvalue weighted by Gasteiger charge is 2.06. The van der Waals surface area contributed by atoms with Gasteiger partial charge in [-0.15, -0.1) is 4.36 Å². The van der Waals surface area contributed by atoms with Gasteiger partial charge in [0.15, 0.2) is 0 Å². The number of halogens is 1. The van der Waals surface area contributed by atoms with E-state index in [4.69, 9.17) is 11.6 Å². The van der Waals surface area contributed by atoms with Crippen molar-refractivity contribution in [3.63, 3.8) is 0 Å². The lowest BCUT2D eigenvalue weighted by Gasteiger charge is -1.94. The summed E-state index contributed by atoms with van der Waals surface area (Å²) in [6.45, 7) is 0. The van der Waals surface area contributed by atoms with Crippen LogP contribution in [0.2, 0.25) is 5.02 Å². The molecule has 0 aromatic heterocycles. The minimum absolute atomic E-state index is 0.351. The zero-order chi connectivity index (χ0) is 8.27. The molecule has 0 fully saturated rings. The molecule has 1 rings (SSSR count). The van der Waals surface area contributed by atoms with Crippen molar-refractivity contribution >= 4 is 29.9 Å². The maximum Gasteiger partial charge on any atom is 0.289 e. The SMILES string of the molecule is O=C(N=S)c1ccccc1Cl. The molecule has 56 valence electrons. The molecular formula is C7H4ClNOS. The fourth-order valence-electron chi connectivity index (χ4n) is 0.684. The van der Waals surface area contributed by atoms with E-state index < -0.39 is 5.91 Å². The van der Waals surface area contributed by atoms with Gasteiger partial charge in [-0.25, -0.2) is 0 Å². The first-order valence-corrected chi connectivity index (χ1v) is 3.62. The lowest BCUT2D eigenvalue weighted by Crippen LogP contribution is -1.93. The molecule has 4 heteroatoms. The largest absolute Gasteiger partial charge is 0.289 e. The molecule has 11 heavy (non-hydrogen) atoms. The third-order valence-electron chi connectivity index (χ3n) is 1.19. The van der Waals surface area contributed by atoms with Crippen molar-refractivity contribution in [3.8, 4) is 0 Å². The topological polar surface area (TPSA) is 29.4 Å². The highest BCUT2D eigenvalue weighted by molar-refractivity contribution is 7.47. The highest BCUT2D eigenvalue weighted by Crippen LogP contribution is 2.15. The van der Waals surface area contributed by atoms with Gasteiger partial charge in [-0.2, -0.15) is 0 Å². The third kappa shape index (κ3) is 1.82. The summed E-state index contributed by atoms with van der Waals surface area (Å²) in [6.07, 6.45) is 0. The minimum atomic E-state index is -0.467. The Morgan fingerprint density at radius 3 is 2.64 bits per heavy atom. The van der Waals surface area contributed by atoms with Crippen molar-refractivity contribution in [1.82, 2.24) is 0 Å².